The van der Waals surface area contributed by atoms with Crippen LogP contribution in [0.2, 0.25) is 0 Å². The fourth-order valence-corrected chi connectivity index (χ4v) is 0.658. The van der Waals surface area contributed by atoms with E-state index >= 15 is 0 Å². The van der Waals surface area contributed by atoms with Gasteiger partial charge < -0.3 is 0 Å². The fourth-order valence-electron chi connectivity index (χ4n) is 0.658. The molecule has 0 radical (unpaired) electrons. The number of aromatic nitrogens is 2. The third kappa shape index (κ3) is 1.60. The molecule has 0 aliphatic heterocycles. The van der Waals surface area contributed by atoms with Crippen molar-refractivity contribution in [3.05, 3.63) is 18.0 Å². The van der Waals surface area contributed by atoms with Gasteiger partial charge in [-0.2, -0.15) is 5.10 Å². The zero-order valence-corrected chi connectivity index (χ0v) is 5.79. The Bertz CT molecular complexity index is 269. The molecule has 0 aliphatic rings. The highest BCUT2D eigenvalue weighted by Gasteiger charge is 2.19. The van der Waals surface area contributed by atoms with Gasteiger partial charge in [0.05, 0.1) is 0 Å². The first-order chi connectivity index (χ1) is 5.11. The molecule has 1 aromatic heterocycles. The summed E-state index contributed by atoms with van der Waals surface area (Å²) in [5, 5.41) is 3.52. The summed E-state index contributed by atoms with van der Waals surface area (Å²) in [5.41, 5.74) is -0.192. The van der Waals surface area contributed by atoms with Crippen LogP contribution in [0.5, 0.6) is 0 Å². The minimum atomic E-state index is -2.97. The van der Waals surface area contributed by atoms with Crippen LogP contribution in [0, 0.1) is 0 Å². The van der Waals surface area contributed by atoms with Crippen LogP contribution in [0.4, 0.5) is 8.78 Å². The third-order valence-electron chi connectivity index (χ3n) is 1.16. The van der Waals surface area contributed by atoms with Gasteiger partial charge in [-0.1, -0.05) is 0 Å². The second kappa shape index (κ2) is 2.77. The number of hydrogen-bond acceptors (Lipinski definition) is 2. The van der Waals surface area contributed by atoms with Gasteiger partial charge in [0.2, 0.25) is 5.78 Å². The van der Waals surface area contributed by atoms with E-state index in [1.54, 1.807) is 7.05 Å². The van der Waals surface area contributed by atoms with Crippen LogP contribution in [0.15, 0.2) is 12.3 Å². The molecule has 0 saturated carbocycles. The summed E-state index contributed by atoms with van der Waals surface area (Å²) in [5.74, 6) is -1.23. The monoisotopic (exact) mass is 160 g/mol. The first-order valence-corrected chi connectivity index (χ1v) is 2.93. The van der Waals surface area contributed by atoms with E-state index in [4.69, 9.17) is 0 Å². The Morgan fingerprint density at radius 2 is 2.36 bits per heavy atom. The maximum absolute atomic E-state index is 11.7. The fraction of sp³-hybridized carbons (Fsp3) is 0.333. The predicted octanol–water partition coefficient (Wildman–Crippen LogP) is 0.868. The van der Waals surface area contributed by atoms with Crippen LogP contribution in [0.3, 0.4) is 0 Å². The average Bonchev–Trinajstić information content (AvgIpc) is 2.34. The van der Waals surface area contributed by atoms with E-state index < -0.39 is 12.2 Å². The van der Waals surface area contributed by atoms with Crippen molar-refractivity contribution in [2.45, 2.75) is 6.43 Å². The van der Waals surface area contributed by atoms with Gasteiger partial charge in [0.1, 0.15) is 5.69 Å². The molecule has 1 heterocycles. The number of carbonyl (C=O) groups is 1. The highest BCUT2D eigenvalue weighted by atomic mass is 19.3. The Hall–Kier alpha value is -1.26. The molecular weight excluding hydrogens is 154 g/mol. The molecule has 0 bridgehead atoms. The maximum Gasteiger partial charge on any atom is 0.302 e. The zero-order chi connectivity index (χ0) is 8.43. The summed E-state index contributed by atoms with van der Waals surface area (Å²) in [6.07, 6.45) is -1.53. The Kier molecular flexibility index (Phi) is 1.98. The normalized spacial score (nSPS) is 10.5. The lowest BCUT2D eigenvalue weighted by molar-refractivity contribution is 0.0672. The van der Waals surface area contributed by atoms with E-state index in [0.29, 0.717) is 0 Å². The third-order valence-corrected chi connectivity index (χ3v) is 1.16. The van der Waals surface area contributed by atoms with Gasteiger partial charge in [-0.15, -0.1) is 0 Å². The molecule has 0 unspecified atom stereocenters. The second-order valence-electron chi connectivity index (χ2n) is 2.04. The Labute approximate surface area is 61.6 Å². The highest BCUT2D eigenvalue weighted by Crippen LogP contribution is 2.03. The van der Waals surface area contributed by atoms with E-state index in [9.17, 15) is 13.6 Å². The molecule has 0 fully saturated rings. The van der Waals surface area contributed by atoms with Gasteiger partial charge in [-0.3, -0.25) is 9.48 Å². The van der Waals surface area contributed by atoms with Gasteiger partial charge in [-0.05, 0) is 6.07 Å². The van der Waals surface area contributed by atoms with Crippen molar-refractivity contribution in [1.29, 1.82) is 0 Å². The molecule has 60 valence electrons. The average molecular weight is 160 g/mol. The Morgan fingerprint density at radius 3 is 2.73 bits per heavy atom. The first-order valence-electron chi connectivity index (χ1n) is 2.93. The van der Waals surface area contributed by atoms with E-state index in [0.717, 1.165) is 0 Å². The molecule has 0 aromatic carbocycles. The smallest absolute Gasteiger partial charge is 0.286 e. The number of rotatable bonds is 2. The van der Waals surface area contributed by atoms with Crippen LogP contribution < -0.4 is 0 Å². The lowest BCUT2D eigenvalue weighted by Crippen LogP contribution is -2.11. The summed E-state index contributed by atoms with van der Waals surface area (Å²) in [6, 6.07) is 1.26. The molecule has 0 aliphatic carbocycles. The molecule has 0 amide bonds. The molecule has 3 nitrogen and oxygen atoms in total. The van der Waals surface area contributed by atoms with Gasteiger partial charge >= 0.3 is 6.43 Å². The first kappa shape index (κ1) is 7.84. The number of aryl methyl sites for hydroxylation is 1. The van der Waals surface area contributed by atoms with Crippen LogP contribution in [0.25, 0.3) is 0 Å². The van der Waals surface area contributed by atoms with E-state index in [2.05, 4.69) is 5.10 Å². The topological polar surface area (TPSA) is 34.9 Å². The van der Waals surface area contributed by atoms with Gasteiger partial charge in [0.15, 0.2) is 0 Å². The standard InChI is InChI=1S/C6H6F2N2O/c1-10-3-2-4(9-10)5(11)6(7)8/h2-3,6H,1H3. The maximum atomic E-state index is 11.7. The largest absolute Gasteiger partial charge is 0.302 e. The zero-order valence-electron chi connectivity index (χ0n) is 5.79. The van der Waals surface area contributed by atoms with Crippen LogP contribution in [0.1, 0.15) is 10.5 Å². The van der Waals surface area contributed by atoms with Crippen molar-refractivity contribution < 1.29 is 13.6 Å². The minimum Gasteiger partial charge on any atom is -0.286 e. The van der Waals surface area contributed by atoms with Gasteiger partial charge in [0, 0.05) is 13.2 Å². The Balaban J connectivity index is 2.85. The van der Waals surface area contributed by atoms with Crippen molar-refractivity contribution in [1.82, 2.24) is 9.78 Å². The summed E-state index contributed by atoms with van der Waals surface area (Å²) in [7, 11) is 1.56. The molecule has 11 heavy (non-hydrogen) atoms. The van der Waals surface area contributed by atoms with Crippen molar-refractivity contribution in [2.75, 3.05) is 0 Å². The number of alkyl halides is 2. The Morgan fingerprint density at radius 1 is 1.73 bits per heavy atom. The number of nitrogens with zero attached hydrogens (tertiary/aromatic N) is 2. The molecule has 5 heteroatoms. The molecule has 0 N–H and O–H groups in total. The van der Waals surface area contributed by atoms with Crippen molar-refractivity contribution in [3.63, 3.8) is 0 Å². The minimum absolute atomic E-state index is 0.192. The van der Waals surface area contributed by atoms with Crippen molar-refractivity contribution in [3.8, 4) is 0 Å². The quantitative estimate of drug-likeness (QED) is 0.601. The highest BCUT2D eigenvalue weighted by molar-refractivity contribution is 5.96. The van der Waals surface area contributed by atoms with Crippen LogP contribution in [-0.2, 0) is 7.05 Å². The van der Waals surface area contributed by atoms with E-state index in [1.807, 2.05) is 0 Å². The van der Waals surface area contributed by atoms with Gasteiger partial charge in [-0.25, -0.2) is 8.78 Å². The molecule has 0 saturated heterocycles. The summed E-state index contributed by atoms with van der Waals surface area (Å²) in [4.78, 5) is 10.5. The summed E-state index contributed by atoms with van der Waals surface area (Å²) < 4.78 is 24.8. The lowest BCUT2D eigenvalue weighted by atomic mass is 10.3. The molecule has 1 rings (SSSR count). The molecule has 0 spiro atoms. The predicted molar refractivity (Wildman–Crippen MR) is 33.5 cm³/mol. The van der Waals surface area contributed by atoms with Gasteiger partial charge in [0.25, 0.3) is 0 Å². The number of Topliss-reactive ketones (excluding diaryl/α,β-unsaturated/α-hetero) is 1. The number of halogens is 2. The number of ketones is 1. The van der Waals surface area contributed by atoms with Crippen molar-refractivity contribution >= 4 is 5.78 Å². The van der Waals surface area contributed by atoms with Crippen molar-refractivity contribution in [2.24, 2.45) is 7.05 Å². The van der Waals surface area contributed by atoms with Crippen LogP contribution in [-0.4, -0.2) is 22.0 Å². The SMILES string of the molecule is Cn1ccc(C(=O)C(F)F)n1. The summed E-state index contributed by atoms with van der Waals surface area (Å²) in [6.45, 7) is 0. The van der Waals surface area contributed by atoms with E-state index in [-0.39, 0.29) is 5.69 Å². The van der Waals surface area contributed by atoms with Crippen LogP contribution >= 0.6 is 0 Å². The number of hydrogen-bond donors (Lipinski definition) is 0. The number of carbonyl (C=O) groups excluding carboxylic acids is 1. The second-order valence-corrected chi connectivity index (χ2v) is 2.04. The summed E-state index contributed by atoms with van der Waals surface area (Å²) >= 11 is 0. The molecule has 1 aromatic rings. The molecular formula is C6H6F2N2O. The van der Waals surface area contributed by atoms with E-state index in [1.165, 1.54) is 16.9 Å². The lowest BCUT2D eigenvalue weighted by Gasteiger charge is -1.91. The molecule has 0 atom stereocenters.